The van der Waals surface area contributed by atoms with Crippen molar-refractivity contribution in [1.29, 1.82) is 0 Å². The predicted molar refractivity (Wildman–Crippen MR) is 127 cm³/mol. The van der Waals surface area contributed by atoms with Crippen molar-refractivity contribution in [2.45, 2.75) is 33.4 Å². The second-order valence-corrected chi connectivity index (χ2v) is 7.54. The predicted octanol–water partition coefficient (Wildman–Crippen LogP) is 1.88. The third-order valence-electron chi connectivity index (χ3n) is 5.06. The fourth-order valence-corrected chi connectivity index (χ4v) is 3.53. The molecule has 0 aliphatic carbocycles. The summed E-state index contributed by atoms with van der Waals surface area (Å²) in [6, 6.07) is 4.82. The van der Waals surface area contributed by atoms with Gasteiger partial charge in [0.25, 0.3) is 5.91 Å². The molecule has 182 valence electrons. The lowest BCUT2D eigenvalue weighted by molar-refractivity contribution is 0.0995. The SMILES string of the molecule is CCn1nc(C)cc1C(=O)Nc1nc2cc(C(N)=O)cc(OCCCOC)c2n1CC=CCO. The lowest BCUT2D eigenvalue weighted by Crippen LogP contribution is -2.20. The number of aryl methyl sites for hydroxylation is 2. The Morgan fingerprint density at radius 3 is 2.71 bits per heavy atom. The van der Waals surface area contributed by atoms with Gasteiger partial charge in [0.2, 0.25) is 11.9 Å². The van der Waals surface area contributed by atoms with E-state index in [4.69, 9.17) is 15.2 Å². The molecule has 4 N–H and O–H groups in total. The fourth-order valence-electron chi connectivity index (χ4n) is 3.53. The normalized spacial score (nSPS) is 11.4. The average molecular weight is 471 g/mol. The topological polar surface area (TPSA) is 147 Å². The van der Waals surface area contributed by atoms with Crippen LogP contribution >= 0.6 is 0 Å². The molecule has 11 heteroatoms. The minimum Gasteiger partial charge on any atom is -0.491 e. The molecule has 2 aromatic heterocycles. The number of ether oxygens (including phenoxy) is 2. The monoisotopic (exact) mass is 470 g/mol. The van der Waals surface area contributed by atoms with E-state index < -0.39 is 5.91 Å². The molecule has 2 heterocycles. The average Bonchev–Trinajstić information content (AvgIpc) is 3.36. The number of allylic oxidation sites excluding steroid dienone is 1. The van der Waals surface area contributed by atoms with E-state index in [2.05, 4.69) is 15.4 Å². The number of fused-ring (bicyclic) bond motifs is 1. The van der Waals surface area contributed by atoms with Crippen molar-refractivity contribution < 1.29 is 24.2 Å². The summed E-state index contributed by atoms with van der Waals surface area (Å²) in [6.45, 7) is 5.28. The minimum absolute atomic E-state index is 0.129. The molecule has 3 rings (SSSR count). The zero-order valence-electron chi connectivity index (χ0n) is 19.6. The van der Waals surface area contributed by atoms with Crippen LogP contribution in [0.2, 0.25) is 0 Å². The third-order valence-corrected chi connectivity index (χ3v) is 5.06. The first-order valence-corrected chi connectivity index (χ1v) is 11.0. The number of benzene rings is 1. The number of nitrogens with two attached hydrogens (primary N) is 1. The number of hydrogen-bond acceptors (Lipinski definition) is 7. The number of nitrogens with one attached hydrogen (secondary N) is 1. The second-order valence-electron chi connectivity index (χ2n) is 7.54. The van der Waals surface area contributed by atoms with E-state index in [0.29, 0.717) is 55.2 Å². The van der Waals surface area contributed by atoms with Crippen LogP contribution < -0.4 is 15.8 Å². The zero-order valence-corrected chi connectivity index (χ0v) is 19.6. The van der Waals surface area contributed by atoms with Gasteiger partial charge in [0.05, 0.1) is 24.4 Å². The Labute approximate surface area is 197 Å². The van der Waals surface area contributed by atoms with Gasteiger partial charge in [0, 0.05) is 38.8 Å². The molecule has 0 saturated carbocycles. The lowest BCUT2D eigenvalue weighted by atomic mass is 10.1. The maximum absolute atomic E-state index is 13.1. The molecule has 2 amide bonds. The molecule has 0 unspecified atom stereocenters. The number of hydrogen-bond donors (Lipinski definition) is 3. The van der Waals surface area contributed by atoms with Crippen LogP contribution in [0.15, 0.2) is 30.4 Å². The van der Waals surface area contributed by atoms with Crippen molar-refractivity contribution >= 4 is 28.8 Å². The van der Waals surface area contributed by atoms with Crippen LogP contribution in [-0.2, 0) is 17.8 Å². The number of carbonyl (C=O) groups excluding carboxylic acids is 2. The van der Waals surface area contributed by atoms with Crippen LogP contribution in [0.4, 0.5) is 5.95 Å². The van der Waals surface area contributed by atoms with E-state index in [0.717, 1.165) is 5.69 Å². The Morgan fingerprint density at radius 2 is 2.03 bits per heavy atom. The van der Waals surface area contributed by atoms with Gasteiger partial charge in [-0.15, -0.1) is 0 Å². The number of primary amides is 1. The Kier molecular flexibility index (Phi) is 8.39. The molecular weight excluding hydrogens is 440 g/mol. The van der Waals surface area contributed by atoms with E-state index in [9.17, 15) is 14.7 Å². The summed E-state index contributed by atoms with van der Waals surface area (Å²) in [4.78, 5) is 29.5. The summed E-state index contributed by atoms with van der Waals surface area (Å²) < 4.78 is 14.4. The van der Waals surface area contributed by atoms with Crippen molar-refractivity contribution in [3.8, 4) is 5.75 Å². The molecule has 3 aromatic rings. The van der Waals surface area contributed by atoms with Crippen molar-refractivity contribution in [2.24, 2.45) is 5.73 Å². The number of imidazole rings is 1. The van der Waals surface area contributed by atoms with Gasteiger partial charge in [-0.25, -0.2) is 4.98 Å². The highest BCUT2D eigenvalue weighted by Crippen LogP contribution is 2.31. The number of aromatic nitrogens is 4. The molecule has 0 aliphatic rings. The number of rotatable bonds is 12. The molecule has 34 heavy (non-hydrogen) atoms. The second kappa shape index (κ2) is 11.4. The highest BCUT2D eigenvalue weighted by atomic mass is 16.5. The van der Waals surface area contributed by atoms with Crippen LogP contribution in [0.5, 0.6) is 5.75 Å². The highest BCUT2D eigenvalue weighted by Gasteiger charge is 2.21. The maximum atomic E-state index is 13.1. The van der Waals surface area contributed by atoms with E-state index in [1.165, 1.54) is 0 Å². The van der Waals surface area contributed by atoms with Crippen LogP contribution in [0.1, 0.15) is 39.9 Å². The van der Waals surface area contributed by atoms with E-state index >= 15 is 0 Å². The number of nitrogens with zero attached hydrogens (tertiary/aromatic N) is 4. The van der Waals surface area contributed by atoms with Gasteiger partial charge in [-0.2, -0.15) is 5.10 Å². The molecule has 0 fully saturated rings. The maximum Gasteiger partial charge on any atom is 0.276 e. The lowest BCUT2D eigenvalue weighted by Gasteiger charge is -2.13. The molecule has 11 nitrogen and oxygen atoms in total. The number of aliphatic hydroxyl groups excluding tert-OH is 1. The summed E-state index contributed by atoms with van der Waals surface area (Å²) in [5.74, 6) is -0.330. The van der Waals surface area contributed by atoms with Gasteiger partial charge in [-0.3, -0.25) is 19.6 Å². The fraction of sp³-hybridized carbons (Fsp3) is 0.391. The van der Waals surface area contributed by atoms with E-state index in [1.807, 2.05) is 13.8 Å². The molecular formula is C23H30N6O5. The molecule has 0 saturated heterocycles. The van der Waals surface area contributed by atoms with E-state index in [1.54, 1.807) is 46.7 Å². The van der Waals surface area contributed by atoms with Crippen molar-refractivity contribution in [3.63, 3.8) is 0 Å². The summed E-state index contributed by atoms with van der Waals surface area (Å²) in [5, 5.41) is 16.3. The highest BCUT2D eigenvalue weighted by molar-refractivity contribution is 6.04. The molecule has 0 bridgehead atoms. The molecule has 1 aromatic carbocycles. The third kappa shape index (κ3) is 5.61. The van der Waals surface area contributed by atoms with Crippen molar-refractivity contribution in [1.82, 2.24) is 19.3 Å². The van der Waals surface area contributed by atoms with Crippen LogP contribution in [0.3, 0.4) is 0 Å². The van der Waals surface area contributed by atoms with Gasteiger partial charge in [0.15, 0.2) is 0 Å². The standard InChI is InChI=1S/C23H30N6O5/c1-4-29-18(12-15(2)27-29)22(32)26-23-25-17-13-16(21(24)31)14-19(34-11-7-10-33-3)20(17)28(23)8-5-6-9-30/h5-6,12-14,30H,4,7-11H2,1-3H3,(H2,24,31)(H,25,26,32). The van der Waals surface area contributed by atoms with Gasteiger partial charge in [0.1, 0.15) is 17.0 Å². The van der Waals surface area contributed by atoms with E-state index in [-0.39, 0.29) is 24.0 Å². The van der Waals surface area contributed by atoms with Crippen LogP contribution in [0.25, 0.3) is 11.0 Å². The summed E-state index contributed by atoms with van der Waals surface area (Å²) in [5.41, 5.74) is 7.90. The summed E-state index contributed by atoms with van der Waals surface area (Å²) in [6.07, 6.45) is 3.97. The van der Waals surface area contributed by atoms with Gasteiger partial charge in [-0.1, -0.05) is 12.2 Å². The number of anilines is 1. The van der Waals surface area contributed by atoms with Crippen molar-refractivity contribution in [2.75, 3.05) is 32.2 Å². The zero-order chi connectivity index (χ0) is 24.7. The quantitative estimate of drug-likeness (QED) is 0.270. The Balaban J connectivity index is 2.08. The Morgan fingerprint density at radius 1 is 1.24 bits per heavy atom. The summed E-state index contributed by atoms with van der Waals surface area (Å²) >= 11 is 0. The Bertz CT molecular complexity index is 1200. The molecule has 0 aliphatic heterocycles. The van der Waals surface area contributed by atoms with Crippen molar-refractivity contribution in [3.05, 3.63) is 47.3 Å². The number of carbonyl (C=O) groups is 2. The Hall–Kier alpha value is -3.70. The van der Waals surface area contributed by atoms with Gasteiger partial charge >= 0.3 is 0 Å². The smallest absolute Gasteiger partial charge is 0.276 e. The molecule has 0 atom stereocenters. The molecule has 0 spiro atoms. The number of amides is 2. The van der Waals surface area contributed by atoms with Gasteiger partial charge in [-0.05, 0) is 32.0 Å². The molecule has 0 radical (unpaired) electrons. The van der Waals surface area contributed by atoms with Crippen LogP contribution in [-0.4, -0.2) is 63.2 Å². The largest absolute Gasteiger partial charge is 0.491 e. The first-order chi connectivity index (χ1) is 16.4. The van der Waals surface area contributed by atoms with Gasteiger partial charge < -0.3 is 24.9 Å². The minimum atomic E-state index is -0.619. The van der Waals surface area contributed by atoms with Crippen LogP contribution in [0, 0.1) is 6.92 Å². The first-order valence-electron chi connectivity index (χ1n) is 11.0. The number of aliphatic hydroxyl groups is 1. The first kappa shape index (κ1) is 24.9. The summed E-state index contributed by atoms with van der Waals surface area (Å²) in [7, 11) is 1.61. The number of methoxy groups -OCH3 is 1.